The fourth-order valence-corrected chi connectivity index (χ4v) is 1.34. The summed E-state index contributed by atoms with van der Waals surface area (Å²) in [5.41, 5.74) is 7.08. The lowest BCUT2D eigenvalue weighted by Gasteiger charge is -2.24. The number of carbonyl (C=O) groups is 1. The lowest BCUT2D eigenvalue weighted by molar-refractivity contribution is -0.116. The number of hydrogen-bond donors (Lipinski definition) is 1. The Labute approximate surface area is 80.6 Å². The number of carbonyl (C=O) groups excluding carboxylic acids is 1. The minimum Gasteiger partial charge on any atom is -0.368 e. The second kappa shape index (κ2) is 5.62. The van der Waals surface area contributed by atoms with Crippen molar-refractivity contribution < 1.29 is 4.79 Å². The number of hydrogen-bond acceptors (Lipinski definition) is 2. The molecule has 0 unspecified atom stereocenters. The predicted molar refractivity (Wildman–Crippen MR) is 55.1 cm³/mol. The van der Waals surface area contributed by atoms with E-state index in [0.29, 0.717) is 5.70 Å². The molecular weight excluding hydrogens is 164 g/mol. The molecule has 0 fully saturated rings. The van der Waals surface area contributed by atoms with Gasteiger partial charge in [-0.25, -0.2) is 0 Å². The number of primary amides is 1. The highest BCUT2D eigenvalue weighted by Gasteiger charge is 2.13. The number of rotatable bonds is 5. The third-order valence-corrected chi connectivity index (χ3v) is 2.25. The molecular formula is C10H20N2O. The van der Waals surface area contributed by atoms with Gasteiger partial charge in [0.25, 0.3) is 5.91 Å². The van der Waals surface area contributed by atoms with E-state index in [1.807, 2.05) is 32.6 Å². The number of nitrogens with zero attached hydrogens (tertiary/aromatic N) is 1. The minimum absolute atomic E-state index is 0.317. The van der Waals surface area contributed by atoms with Gasteiger partial charge in [0.05, 0.1) is 0 Å². The molecule has 0 aliphatic heterocycles. The second-order valence-electron chi connectivity index (χ2n) is 3.02. The van der Waals surface area contributed by atoms with Crippen LogP contribution in [0.5, 0.6) is 0 Å². The molecule has 0 spiro atoms. The van der Waals surface area contributed by atoms with Crippen molar-refractivity contribution in [3.63, 3.8) is 0 Å². The molecule has 3 nitrogen and oxygen atoms in total. The van der Waals surface area contributed by atoms with Crippen molar-refractivity contribution in [3.05, 3.63) is 11.3 Å². The summed E-state index contributed by atoms with van der Waals surface area (Å²) in [5, 5.41) is 0. The molecule has 0 heterocycles. The van der Waals surface area contributed by atoms with Crippen molar-refractivity contribution in [3.8, 4) is 0 Å². The quantitative estimate of drug-likeness (QED) is 0.658. The van der Waals surface area contributed by atoms with Gasteiger partial charge >= 0.3 is 0 Å². The van der Waals surface area contributed by atoms with Crippen molar-refractivity contribution in [1.82, 2.24) is 4.90 Å². The third kappa shape index (κ3) is 3.09. The standard InChI is InChI=1S/C10H20N2O/c1-5-8(4)9(10(11)13)12(6-2)7-3/h5-7H2,1-4H3,(H2,11,13). The summed E-state index contributed by atoms with van der Waals surface area (Å²) in [5.74, 6) is -0.317. The molecule has 0 bridgehead atoms. The molecule has 0 atom stereocenters. The topological polar surface area (TPSA) is 46.3 Å². The first-order chi connectivity index (χ1) is 6.08. The zero-order valence-corrected chi connectivity index (χ0v) is 9.05. The van der Waals surface area contributed by atoms with Crippen LogP contribution in [0.15, 0.2) is 11.3 Å². The van der Waals surface area contributed by atoms with Gasteiger partial charge in [0.2, 0.25) is 0 Å². The second-order valence-corrected chi connectivity index (χ2v) is 3.02. The summed E-state index contributed by atoms with van der Waals surface area (Å²) < 4.78 is 0. The molecule has 0 aromatic heterocycles. The van der Waals surface area contributed by atoms with Gasteiger partial charge < -0.3 is 10.6 Å². The number of likely N-dealkylation sites (N-methyl/N-ethyl adjacent to an activating group) is 1. The average molecular weight is 184 g/mol. The smallest absolute Gasteiger partial charge is 0.264 e. The van der Waals surface area contributed by atoms with E-state index in [1.165, 1.54) is 0 Å². The van der Waals surface area contributed by atoms with Gasteiger partial charge in [-0.1, -0.05) is 6.92 Å². The fraction of sp³-hybridized carbons (Fsp3) is 0.700. The van der Waals surface area contributed by atoms with Gasteiger partial charge in [0.1, 0.15) is 5.70 Å². The first kappa shape index (κ1) is 12.0. The van der Waals surface area contributed by atoms with Crippen LogP contribution in [0, 0.1) is 0 Å². The fourth-order valence-electron chi connectivity index (χ4n) is 1.34. The molecule has 76 valence electrons. The number of allylic oxidation sites excluding steroid dienone is 1. The predicted octanol–water partition coefficient (Wildman–Crippen LogP) is 1.50. The van der Waals surface area contributed by atoms with Gasteiger partial charge in [-0.3, -0.25) is 4.79 Å². The average Bonchev–Trinajstić information content (AvgIpc) is 2.12. The van der Waals surface area contributed by atoms with Gasteiger partial charge in [-0.05, 0) is 32.8 Å². The van der Waals surface area contributed by atoms with E-state index in [4.69, 9.17) is 5.73 Å². The van der Waals surface area contributed by atoms with E-state index in [-0.39, 0.29) is 5.91 Å². The first-order valence-electron chi connectivity index (χ1n) is 4.82. The monoisotopic (exact) mass is 184 g/mol. The molecule has 0 aromatic rings. The van der Waals surface area contributed by atoms with Crippen LogP contribution in [0.1, 0.15) is 34.1 Å². The van der Waals surface area contributed by atoms with E-state index >= 15 is 0 Å². The Hall–Kier alpha value is -0.990. The maximum atomic E-state index is 11.2. The molecule has 0 saturated carbocycles. The lowest BCUT2D eigenvalue weighted by atomic mass is 10.1. The highest BCUT2D eigenvalue weighted by atomic mass is 16.1. The van der Waals surface area contributed by atoms with Gasteiger partial charge in [0, 0.05) is 13.1 Å². The SMILES string of the molecule is CCC(C)=C(C(N)=O)N(CC)CC. The van der Waals surface area contributed by atoms with Crippen LogP contribution in [-0.4, -0.2) is 23.9 Å². The van der Waals surface area contributed by atoms with Crippen molar-refractivity contribution >= 4 is 5.91 Å². The Morgan fingerprint density at radius 1 is 1.23 bits per heavy atom. The number of amides is 1. The Bertz CT molecular complexity index is 205. The van der Waals surface area contributed by atoms with E-state index in [2.05, 4.69) is 0 Å². The van der Waals surface area contributed by atoms with Gasteiger partial charge in [-0.15, -0.1) is 0 Å². The van der Waals surface area contributed by atoms with Crippen LogP contribution in [-0.2, 0) is 4.79 Å². The maximum Gasteiger partial charge on any atom is 0.264 e. The minimum atomic E-state index is -0.317. The molecule has 0 rings (SSSR count). The van der Waals surface area contributed by atoms with Crippen LogP contribution in [0.3, 0.4) is 0 Å². The van der Waals surface area contributed by atoms with Crippen LogP contribution in [0.2, 0.25) is 0 Å². The third-order valence-electron chi connectivity index (χ3n) is 2.25. The molecule has 1 amide bonds. The van der Waals surface area contributed by atoms with Gasteiger partial charge in [0.15, 0.2) is 0 Å². The van der Waals surface area contributed by atoms with Crippen LogP contribution < -0.4 is 5.73 Å². The molecule has 0 aromatic carbocycles. The molecule has 2 N–H and O–H groups in total. The van der Waals surface area contributed by atoms with E-state index < -0.39 is 0 Å². The van der Waals surface area contributed by atoms with Crippen LogP contribution >= 0.6 is 0 Å². The molecule has 13 heavy (non-hydrogen) atoms. The zero-order valence-electron chi connectivity index (χ0n) is 9.05. The van der Waals surface area contributed by atoms with Crippen molar-refractivity contribution in [2.75, 3.05) is 13.1 Å². The molecule has 3 heteroatoms. The lowest BCUT2D eigenvalue weighted by Crippen LogP contribution is -2.32. The Balaban J connectivity index is 4.89. The van der Waals surface area contributed by atoms with Crippen molar-refractivity contribution in [2.45, 2.75) is 34.1 Å². The van der Waals surface area contributed by atoms with Crippen molar-refractivity contribution in [2.24, 2.45) is 5.73 Å². The van der Waals surface area contributed by atoms with Crippen LogP contribution in [0.4, 0.5) is 0 Å². The van der Waals surface area contributed by atoms with E-state index in [1.54, 1.807) is 0 Å². The highest BCUT2D eigenvalue weighted by Crippen LogP contribution is 2.12. The highest BCUT2D eigenvalue weighted by molar-refractivity contribution is 5.92. The first-order valence-corrected chi connectivity index (χ1v) is 4.82. The molecule has 0 aliphatic rings. The Morgan fingerprint density at radius 3 is 1.92 bits per heavy atom. The normalized spacial score (nSPS) is 12.3. The van der Waals surface area contributed by atoms with Crippen LogP contribution in [0.25, 0.3) is 0 Å². The zero-order chi connectivity index (χ0) is 10.4. The summed E-state index contributed by atoms with van der Waals surface area (Å²) in [6.45, 7) is 9.68. The number of nitrogens with two attached hydrogens (primary N) is 1. The Morgan fingerprint density at radius 2 is 1.69 bits per heavy atom. The Kier molecular flexibility index (Phi) is 5.19. The summed E-state index contributed by atoms with van der Waals surface area (Å²) >= 11 is 0. The molecule has 0 aliphatic carbocycles. The summed E-state index contributed by atoms with van der Waals surface area (Å²) in [6.07, 6.45) is 0.870. The largest absolute Gasteiger partial charge is 0.368 e. The molecule has 0 saturated heterocycles. The van der Waals surface area contributed by atoms with E-state index in [0.717, 1.165) is 25.1 Å². The summed E-state index contributed by atoms with van der Waals surface area (Å²) in [4.78, 5) is 13.2. The van der Waals surface area contributed by atoms with Crippen molar-refractivity contribution in [1.29, 1.82) is 0 Å². The maximum absolute atomic E-state index is 11.2. The van der Waals surface area contributed by atoms with E-state index in [9.17, 15) is 4.79 Å². The summed E-state index contributed by atoms with van der Waals surface area (Å²) in [6, 6.07) is 0. The summed E-state index contributed by atoms with van der Waals surface area (Å²) in [7, 11) is 0. The molecule has 0 radical (unpaired) electrons. The van der Waals surface area contributed by atoms with Gasteiger partial charge in [-0.2, -0.15) is 0 Å².